The van der Waals surface area contributed by atoms with Gasteiger partial charge in [-0.05, 0) is 38.8 Å². The molecule has 0 fully saturated rings. The average molecular weight is 263 g/mol. The summed E-state index contributed by atoms with van der Waals surface area (Å²) in [5.41, 5.74) is 0.149. The molecular formula is C15H21NO3. The zero-order chi connectivity index (χ0) is 14.8. The molecule has 0 radical (unpaired) electrons. The van der Waals surface area contributed by atoms with Crippen LogP contribution >= 0.6 is 0 Å². The first-order valence-electron chi connectivity index (χ1n) is 6.32. The SMILES string of the molecule is CC(=O)N(C(C)C)C(C)(C(=O)O)c1ccccc1C. The van der Waals surface area contributed by atoms with Gasteiger partial charge in [-0.3, -0.25) is 4.79 Å². The average Bonchev–Trinajstić information content (AvgIpc) is 2.27. The van der Waals surface area contributed by atoms with Crippen molar-refractivity contribution in [2.45, 2.75) is 46.2 Å². The Balaban J connectivity index is 3.52. The second kappa shape index (κ2) is 5.43. The van der Waals surface area contributed by atoms with Crippen LogP contribution in [0.15, 0.2) is 24.3 Å². The highest BCUT2D eigenvalue weighted by atomic mass is 16.4. The summed E-state index contributed by atoms with van der Waals surface area (Å²) in [6.45, 7) is 8.48. The highest BCUT2D eigenvalue weighted by molar-refractivity contribution is 5.87. The van der Waals surface area contributed by atoms with Crippen LogP contribution in [0.25, 0.3) is 0 Å². The number of aryl methyl sites for hydroxylation is 1. The van der Waals surface area contributed by atoms with Gasteiger partial charge in [0.15, 0.2) is 5.54 Å². The molecular weight excluding hydrogens is 242 g/mol. The van der Waals surface area contributed by atoms with Crippen LogP contribution < -0.4 is 0 Å². The molecule has 0 heterocycles. The number of carboxylic acid groups (broad SMARTS) is 1. The van der Waals surface area contributed by atoms with E-state index >= 15 is 0 Å². The Labute approximate surface area is 114 Å². The Morgan fingerprint density at radius 1 is 1.26 bits per heavy atom. The van der Waals surface area contributed by atoms with Crippen molar-refractivity contribution in [2.24, 2.45) is 0 Å². The topological polar surface area (TPSA) is 57.6 Å². The lowest BCUT2D eigenvalue weighted by Crippen LogP contribution is -2.55. The smallest absolute Gasteiger partial charge is 0.334 e. The van der Waals surface area contributed by atoms with Gasteiger partial charge in [0, 0.05) is 13.0 Å². The van der Waals surface area contributed by atoms with Crippen LogP contribution in [-0.2, 0) is 15.1 Å². The van der Waals surface area contributed by atoms with Crippen molar-refractivity contribution >= 4 is 11.9 Å². The molecule has 1 N–H and O–H groups in total. The quantitative estimate of drug-likeness (QED) is 0.908. The summed E-state index contributed by atoms with van der Waals surface area (Å²) in [7, 11) is 0. The Kier molecular flexibility index (Phi) is 4.35. The van der Waals surface area contributed by atoms with Gasteiger partial charge < -0.3 is 10.0 Å². The molecule has 0 aliphatic rings. The van der Waals surface area contributed by atoms with Crippen molar-refractivity contribution in [1.29, 1.82) is 0 Å². The number of benzene rings is 1. The van der Waals surface area contributed by atoms with Crippen LogP contribution in [0.1, 0.15) is 38.8 Å². The third kappa shape index (κ3) is 2.62. The Hall–Kier alpha value is -1.84. The lowest BCUT2D eigenvalue weighted by atomic mass is 9.85. The molecule has 104 valence electrons. The van der Waals surface area contributed by atoms with E-state index in [0.717, 1.165) is 5.56 Å². The van der Waals surface area contributed by atoms with Crippen molar-refractivity contribution in [3.63, 3.8) is 0 Å². The monoisotopic (exact) mass is 263 g/mol. The van der Waals surface area contributed by atoms with E-state index in [4.69, 9.17) is 0 Å². The molecule has 4 heteroatoms. The molecule has 0 aliphatic carbocycles. The maximum Gasteiger partial charge on any atom is 0.334 e. The summed E-state index contributed by atoms with van der Waals surface area (Å²) < 4.78 is 0. The van der Waals surface area contributed by atoms with Crippen LogP contribution in [-0.4, -0.2) is 27.9 Å². The molecule has 0 aliphatic heterocycles. The maximum atomic E-state index is 11.9. The second-order valence-electron chi connectivity index (χ2n) is 5.18. The Morgan fingerprint density at radius 2 is 1.79 bits per heavy atom. The van der Waals surface area contributed by atoms with Gasteiger partial charge in [0.05, 0.1) is 0 Å². The molecule has 0 spiro atoms. The number of hydrogen-bond acceptors (Lipinski definition) is 2. The number of carboxylic acids is 1. The third-order valence-electron chi connectivity index (χ3n) is 3.42. The zero-order valence-electron chi connectivity index (χ0n) is 12.1. The van der Waals surface area contributed by atoms with Crippen molar-refractivity contribution in [3.05, 3.63) is 35.4 Å². The van der Waals surface area contributed by atoms with E-state index < -0.39 is 11.5 Å². The molecule has 19 heavy (non-hydrogen) atoms. The minimum absolute atomic E-state index is 0.196. The standard InChI is InChI=1S/C15H21NO3/c1-10(2)16(12(4)17)15(5,14(18)19)13-9-7-6-8-11(13)3/h6-10H,1-5H3,(H,18,19). The van der Waals surface area contributed by atoms with Gasteiger partial charge in [0.1, 0.15) is 0 Å². The van der Waals surface area contributed by atoms with Crippen LogP contribution in [0, 0.1) is 6.92 Å². The van der Waals surface area contributed by atoms with E-state index in [2.05, 4.69) is 0 Å². The van der Waals surface area contributed by atoms with Gasteiger partial charge in [-0.1, -0.05) is 24.3 Å². The summed E-state index contributed by atoms with van der Waals surface area (Å²) in [5.74, 6) is -1.27. The second-order valence-corrected chi connectivity index (χ2v) is 5.18. The molecule has 0 saturated carbocycles. The van der Waals surface area contributed by atoms with E-state index in [9.17, 15) is 14.7 Å². The summed E-state index contributed by atoms with van der Waals surface area (Å²) >= 11 is 0. The fraction of sp³-hybridized carbons (Fsp3) is 0.467. The van der Waals surface area contributed by atoms with Gasteiger partial charge in [0.25, 0.3) is 0 Å². The van der Waals surface area contributed by atoms with E-state index in [1.807, 2.05) is 32.9 Å². The minimum atomic E-state index is -1.36. The number of carbonyl (C=O) groups is 2. The first kappa shape index (κ1) is 15.2. The largest absolute Gasteiger partial charge is 0.479 e. The fourth-order valence-electron chi connectivity index (χ4n) is 2.66. The molecule has 0 aromatic heterocycles. The molecule has 1 aromatic carbocycles. The van der Waals surface area contributed by atoms with Crippen molar-refractivity contribution in [1.82, 2.24) is 4.90 Å². The summed E-state index contributed by atoms with van der Waals surface area (Å²) in [4.78, 5) is 25.1. The van der Waals surface area contributed by atoms with Crippen LogP contribution in [0.4, 0.5) is 0 Å². The minimum Gasteiger partial charge on any atom is -0.479 e. The number of carbonyl (C=O) groups excluding carboxylic acids is 1. The predicted octanol–water partition coefficient (Wildman–Crippen LogP) is 2.55. The number of amides is 1. The van der Waals surface area contributed by atoms with Gasteiger partial charge >= 0.3 is 5.97 Å². The summed E-state index contributed by atoms with van der Waals surface area (Å²) in [6.07, 6.45) is 0. The third-order valence-corrected chi connectivity index (χ3v) is 3.42. The van der Waals surface area contributed by atoms with Crippen LogP contribution in [0.5, 0.6) is 0 Å². The molecule has 1 aromatic rings. The number of rotatable bonds is 4. The highest BCUT2D eigenvalue weighted by Crippen LogP contribution is 2.32. The van der Waals surface area contributed by atoms with E-state index in [1.54, 1.807) is 19.1 Å². The normalized spacial score (nSPS) is 14.0. The Bertz CT molecular complexity index is 496. The first-order valence-corrected chi connectivity index (χ1v) is 6.32. The van der Waals surface area contributed by atoms with Crippen molar-refractivity contribution in [2.75, 3.05) is 0 Å². The van der Waals surface area contributed by atoms with E-state index in [-0.39, 0.29) is 11.9 Å². The summed E-state index contributed by atoms with van der Waals surface area (Å²) in [6, 6.07) is 7.08. The molecule has 0 saturated heterocycles. The van der Waals surface area contributed by atoms with Crippen molar-refractivity contribution < 1.29 is 14.7 Å². The van der Waals surface area contributed by atoms with Gasteiger partial charge in [0.2, 0.25) is 5.91 Å². The molecule has 1 unspecified atom stereocenters. The molecule has 1 amide bonds. The molecule has 0 bridgehead atoms. The fourth-order valence-corrected chi connectivity index (χ4v) is 2.66. The van der Waals surface area contributed by atoms with Gasteiger partial charge in [-0.2, -0.15) is 0 Å². The number of aliphatic carboxylic acids is 1. The van der Waals surface area contributed by atoms with E-state index in [0.29, 0.717) is 5.56 Å². The van der Waals surface area contributed by atoms with Gasteiger partial charge in [-0.25, -0.2) is 4.79 Å². The molecule has 1 rings (SSSR count). The first-order chi connectivity index (χ1) is 8.72. The molecule has 1 atom stereocenters. The summed E-state index contributed by atoms with van der Waals surface area (Å²) in [5, 5.41) is 9.68. The highest BCUT2D eigenvalue weighted by Gasteiger charge is 2.44. The number of hydrogen-bond donors (Lipinski definition) is 1. The van der Waals surface area contributed by atoms with Crippen LogP contribution in [0.2, 0.25) is 0 Å². The van der Waals surface area contributed by atoms with Gasteiger partial charge in [-0.15, -0.1) is 0 Å². The van der Waals surface area contributed by atoms with Crippen LogP contribution in [0.3, 0.4) is 0 Å². The maximum absolute atomic E-state index is 11.9. The Morgan fingerprint density at radius 3 is 2.16 bits per heavy atom. The predicted molar refractivity (Wildman–Crippen MR) is 73.8 cm³/mol. The molecule has 4 nitrogen and oxygen atoms in total. The lowest BCUT2D eigenvalue weighted by molar-refractivity contribution is -0.160. The zero-order valence-corrected chi connectivity index (χ0v) is 12.1. The number of nitrogens with zero attached hydrogens (tertiary/aromatic N) is 1. The van der Waals surface area contributed by atoms with Crippen molar-refractivity contribution in [3.8, 4) is 0 Å². The van der Waals surface area contributed by atoms with E-state index in [1.165, 1.54) is 11.8 Å². The lowest BCUT2D eigenvalue weighted by Gasteiger charge is -2.41.